The SMILES string of the molecule is Cc1nn(Br)c(C)c1C1C=CC=CC=C1. The molecule has 78 valence electrons. The molecule has 0 aromatic carbocycles. The Bertz CT molecular complexity index is 436. The first-order valence-electron chi connectivity index (χ1n) is 4.94. The maximum absolute atomic E-state index is 4.36. The van der Waals surface area contributed by atoms with E-state index in [0.717, 1.165) is 11.4 Å². The molecule has 1 heterocycles. The number of allylic oxidation sites excluding steroid dienone is 6. The lowest BCUT2D eigenvalue weighted by molar-refractivity contribution is 0.965. The van der Waals surface area contributed by atoms with Crippen LogP contribution in [-0.4, -0.2) is 8.81 Å². The normalized spacial score (nSPS) is 15.9. The molecule has 0 unspecified atom stereocenters. The minimum Gasteiger partial charge on any atom is -0.202 e. The number of hydrogen-bond acceptors (Lipinski definition) is 1. The van der Waals surface area contributed by atoms with Gasteiger partial charge in [-0.2, -0.15) is 5.10 Å². The summed E-state index contributed by atoms with van der Waals surface area (Å²) in [5.74, 6) is 0.325. The summed E-state index contributed by atoms with van der Waals surface area (Å²) in [6.07, 6.45) is 12.6. The van der Waals surface area contributed by atoms with E-state index in [1.165, 1.54) is 5.56 Å². The van der Waals surface area contributed by atoms with Crippen molar-refractivity contribution in [1.82, 2.24) is 8.81 Å². The first kappa shape index (κ1) is 10.4. The second kappa shape index (κ2) is 4.19. The first-order chi connectivity index (χ1) is 7.20. The van der Waals surface area contributed by atoms with Crippen molar-refractivity contribution < 1.29 is 0 Å². The van der Waals surface area contributed by atoms with Crippen LogP contribution in [0.4, 0.5) is 0 Å². The van der Waals surface area contributed by atoms with Gasteiger partial charge in [-0.05, 0) is 13.8 Å². The summed E-state index contributed by atoms with van der Waals surface area (Å²) in [5, 5.41) is 4.36. The molecule has 2 rings (SSSR count). The van der Waals surface area contributed by atoms with E-state index in [1.54, 1.807) is 3.71 Å². The summed E-state index contributed by atoms with van der Waals surface area (Å²) in [6, 6.07) is 0. The van der Waals surface area contributed by atoms with Gasteiger partial charge >= 0.3 is 0 Å². The van der Waals surface area contributed by atoms with E-state index in [0.29, 0.717) is 5.92 Å². The van der Waals surface area contributed by atoms with Crippen molar-refractivity contribution in [2.75, 3.05) is 0 Å². The van der Waals surface area contributed by atoms with E-state index < -0.39 is 0 Å². The van der Waals surface area contributed by atoms with E-state index in [9.17, 15) is 0 Å². The molecule has 0 amide bonds. The molecule has 0 radical (unpaired) electrons. The number of nitrogens with zero attached hydrogens (tertiary/aromatic N) is 2. The highest BCUT2D eigenvalue weighted by Crippen LogP contribution is 2.27. The highest BCUT2D eigenvalue weighted by Gasteiger charge is 2.16. The van der Waals surface area contributed by atoms with Crippen LogP contribution in [0.15, 0.2) is 36.5 Å². The summed E-state index contributed by atoms with van der Waals surface area (Å²) in [7, 11) is 0. The van der Waals surface area contributed by atoms with Gasteiger partial charge in [-0.1, -0.05) is 36.5 Å². The van der Waals surface area contributed by atoms with Crippen LogP contribution >= 0.6 is 16.1 Å². The monoisotopic (exact) mass is 264 g/mol. The van der Waals surface area contributed by atoms with Gasteiger partial charge in [0.05, 0.1) is 27.5 Å². The molecular weight excluding hydrogens is 252 g/mol. The molecule has 0 spiro atoms. The molecular formula is C12H13BrN2. The fraction of sp³-hybridized carbons (Fsp3) is 0.250. The quantitative estimate of drug-likeness (QED) is 0.760. The van der Waals surface area contributed by atoms with Gasteiger partial charge in [-0.3, -0.25) is 0 Å². The number of halogens is 1. The maximum atomic E-state index is 4.36. The van der Waals surface area contributed by atoms with Gasteiger partial charge in [0, 0.05) is 11.5 Å². The Balaban J connectivity index is 2.45. The Labute approximate surface area is 98.3 Å². The third-order valence-corrected chi connectivity index (χ3v) is 3.29. The van der Waals surface area contributed by atoms with Crippen LogP contribution < -0.4 is 0 Å². The van der Waals surface area contributed by atoms with E-state index in [4.69, 9.17) is 0 Å². The Morgan fingerprint density at radius 3 is 2.20 bits per heavy atom. The fourth-order valence-corrected chi connectivity index (χ4v) is 2.29. The summed E-state index contributed by atoms with van der Waals surface area (Å²) in [5.41, 5.74) is 3.52. The van der Waals surface area contributed by atoms with Gasteiger partial charge in [0.15, 0.2) is 0 Å². The van der Waals surface area contributed by atoms with Crippen LogP contribution in [0.3, 0.4) is 0 Å². The van der Waals surface area contributed by atoms with Crippen LogP contribution in [0.5, 0.6) is 0 Å². The Morgan fingerprint density at radius 1 is 1.13 bits per heavy atom. The van der Waals surface area contributed by atoms with E-state index in [-0.39, 0.29) is 0 Å². The zero-order valence-corrected chi connectivity index (χ0v) is 10.4. The molecule has 0 N–H and O–H groups in total. The molecule has 1 aromatic rings. The summed E-state index contributed by atoms with van der Waals surface area (Å²) in [6.45, 7) is 4.12. The Hall–Kier alpha value is -1.09. The topological polar surface area (TPSA) is 17.8 Å². The first-order valence-corrected chi connectivity index (χ1v) is 5.65. The largest absolute Gasteiger partial charge is 0.202 e. The molecule has 2 nitrogen and oxygen atoms in total. The molecule has 1 aliphatic rings. The predicted molar refractivity (Wildman–Crippen MR) is 66.2 cm³/mol. The molecule has 0 fully saturated rings. The van der Waals surface area contributed by atoms with E-state index in [2.05, 4.69) is 52.5 Å². The Kier molecular flexibility index (Phi) is 2.91. The van der Waals surface area contributed by atoms with Crippen molar-refractivity contribution in [2.24, 2.45) is 0 Å². The summed E-state index contributed by atoms with van der Waals surface area (Å²) < 4.78 is 1.76. The zero-order valence-electron chi connectivity index (χ0n) is 8.81. The van der Waals surface area contributed by atoms with Crippen molar-refractivity contribution in [1.29, 1.82) is 0 Å². The molecule has 0 saturated heterocycles. The van der Waals surface area contributed by atoms with Gasteiger partial charge in [0.2, 0.25) is 0 Å². The van der Waals surface area contributed by atoms with Crippen molar-refractivity contribution in [3.05, 3.63) is 53.4 Å². The molecule has 0 aliphatic heterocycles. The smallest absolute Gasteiger partial charge is 0.0746 e. The molecule has 0 atom stereocenters. The molecule has 15 heavy (non-hydrogen) atoms. The number of hydrogen-bond donors (Lipinski definition) is 0. The van der Waals surface area contributed by atoms with Gasteiger partial charge in [0.1, 0.15) is 0 Å². The van der Waals surface area contributed by atoms with Gasteiger partial charge in [0.25, 0.3) is 0 Å². The highest BCUT2D eigenvalue weighted by atomic mass is 79.9. The minimum absolute atomic E-state index is 0.325. The van der Waals surface area contributed by atoms with E-state index >= 15 is 0 Å². The third kappa shape index (κ3) is 1.97. The lowest BCUT2D eigenvalue weighted by atomic mass is 9.97. The second-order valence-corrected chi connectivity index (χ2v) is 4.30. The Morgan fingerprint density at radius 2 is 1.73 bits per heavy atom. The van der Waals surface area contributed by atoms with Crippen LogP contribution in [0.2, 0.25) is 0 Å². The van der Waals surface area contributed by atoms with Crippen molar-refractivity contribution in [3.8, 4) is 0 Å². The average Bonchev–Trinajstić information content (AvgIpc) is 2.46. The molecule has 0 saturated carbocycles. The predicted octanol–water partition coefficient (Wildman–Crippen LogP) is 3.42. The molecule has 0 bridgehead atoms. The summed E-state index contributed by atoms with van der Waals surface area (Å²) in [4.78, 5) is 0. The van der Waals surface area contributed by atoms with Crippen LogP contribution in [0, 0.1) is 13.8 Å². The van der Waals surface area contributed by atoms with Crippen molar-refractivity contribution in [3.63, 3.8) is 0 Å². The second-order valence-electron chi connectivity index (χ2n) is 3.63. The van der Waals surface area contributed by atoms with Gasteiger partial charge in [-0.25, -0.2) is 3.71 Å². The number of rotatable bonds is 1. The molecule has 1 aromatic heterocycles. The maximum Gasteiger partial charge on any atom is 0.0746 e. The zero-order chi connectivity index (χ0) is 10.8. The van der Waals surface area contributed by atoms with Gasteiger partial charge < -0.3 is 0 Å². The minimum atomic E-state index is 0.325. The fourth-order valence-electron chi connectivity index (χ4n) is 1.86. The third-order valence-electron chi connectivity index (χ3n) is 2.60. The summed E-state index contributed by atoms with van der Waals surface area (Å²) >= 11 is 3.39. The average molecular weight is 265 g/mol. The van der Waals surface area contributed by atoms with Crippen LogP contribution in [0.25, 0.3) is 0 Å². The van der Waals surface area contributed by atoms with Gasteiger partial charge in [-0.15, -0.1) is 0 Å². The van der Waals surface area contributed by atoms with Crippen molar-refractivity contribution >= 4 is 16.1 Å². The van der Waals surface area contributed by atoms with Crippen LogP contribution in [-0.2, 0) is 0 Å². The lowest BCUT2D eigenvalue weighted by Gasteiger charge is -2.07. The van der Waals surface area contributed by atoms with E-state index in [1.807, 2.05) is 19.1 Å². The highest BCUT2D eigenvalue weighted by molar-refractivity contribution is 9.08. The number of aromatic nitrogens is 2. The molecule has 3 heteroatoms. The standard InChI is InChI=1S/C12H13BrN2/c1-9-12(10(2)15(13)14-9)11-7-5-3-4-6-8-11/h3-8,11H,1-2H3. The van der Waals surface area contributed by atoms with Crippen LogP contribution in [0.1, 0.15) is 22.9 Å². The molecule has 1 aliphatic carbocycles. The lowest BCUT2D eigenvalue weighted by Crippen LogP contribution is -1.95. The number of aryl methyl sites for hydroxylation is 1. The van der Waals surface area contributed by atoms with Crippen molar-refractivity contribution in [2.45, 2.75) is 19.8 Å².